The first-order valence-electron chi connectivity index (χ1n) is 9.14. The van der Waals surface area contributed by atoms with Crippen molar-refractivity contribution < 1.29 is 22.7 Å². The van der Waals surface area contributed by atoms with Crippen molar-refractivity contribution in [1.29, 1.82) is 0 Å². The van der Waals surface area contributed by atoms with E-state index in [-0.39, 0.29) is 10.8 Å². The first-order chi connectivity index (χ1) is 14.8. The maximum Gasteiger partial charge on any atom is 0.264 e. The molecule has 3 rings (SSSR count). The molecule has 0 spiro atoms. The summed E-state index contributed by atoms with van der Waals surface area (Å²) in [6.07, 6.45) is 0. The van der Waals surface area contributed by atoms with Crippen LogP contribution in [0.15, 0.2) is 71.6 Å². The zero-order valence-corrected chi connectivity index (χ0v) is 18.7. The highest BCUT2D eigenvalue weighted by Crippen LogP contribution is 2.29. The lowest BCUT2D eigenvalue weighted by Gasteiger charge is -2.20. The van der Waals surface area contributed by atoms with Gasteiger partial charge in [-0.3, -0.25) is 9.10 Å². The summed E-state index contributed by atoms with van der Waals surface area (Å²) in [5.41, 5.74) is 1.22. The van der Waals surface area contributed by atoms with Crippen LogP contribution < -0.4 is 19.1 Å². The Bertz CT molecular complexity index is 1180. The van der Waals surface area contributed by atoms with Gasteiger partial charge in [0.2, 0.25) is 0 Å². The summed E-state index contributed by atoms with van der Waals surface area (Å²) < 4.78 is 37.2. The summed E-state index contributed by atoms with van der Waals surface area (Å²) >= 11 is 5.84. The van der Waals surface area contributed by atoms with Gasteiger partial charge >= 0.3 is 0 Å². The lowest BCUT2D eigenvalue weighted by molar-refractivity contribution is 0.102. The summed E-state index contributed by atoms with van der Waals surface area (Å²) in [7, 11) is 0.713. The third kappa shape index (κ3) is 4.92. The van der Waals surface area contributed by atoms with Crippen molar-refractivity contribution in [2.24, 2.45) is 0 Å². The SMILES string of the molecule is COc1ccc(OC)c(NC(=O)c2ccc(N(C)S(=O)(=O)c3ccc(Cl)cc3)cc2)c1. The van der Waals surface area contributed by atoms with Crippen LogP contribution in [0.4, 0.5) is 11.4 Å². The van der Waals surface area contributed by atoms with Crippen LogP contribution in [-0.4, -0.2) is 35.6 Å². The second-order valence-corrected chi connectivity index (χ2v) is 8.90. The monoisotopic (exact) mass is 460 g/mol. The number of halogens is 1. The topological polar surface area (TPSA) is 84.9 Å². The lowest BCUT2D eigenvalue weighted by atomic mass is 10.2. The molecule has 0 aliphatic carbocycles. The smallest absolute Gasteiger partial charge is 0.264 e. The third-order valence-corrected chi connectivity index (χ3v) is 6.67. The van der Waals surface area contributed by atoms with Crippen LogP contribution in [-0.2, 0) is 10.0 Å². The van der Waals surface area contributed by atoms with Gasteiger partial charge in [0.15, 0.2) is 0 Å². The molecule has 1 N–H and O–H groups in total. The number of carbonyl (C=O) groups excluding carboxylic acids is 1. The molecule has 0 aliphatic heterocycles. The Kier molecular flexibility index (Phi) is 6.72. The standard InChI is InChI=1S/C22H21ClN2O5S/c1-25(31(27,28)19-11-6-16(23)7-12-19)17-8-4-15(5-9-17)22(26)24-20-14-18(29-2)10-13-21(20)30-3/h4-14H,1-3H3,(H,24,26). The first-order valence-corrected chi connectivity index (χ1v) is 11.0. The van der Waals surface area contributed by atoms with Gasteiger partial charge in [-0.25, -0.2) is 8.42 Å². The van der Waals surface area contributed by atoms with Gasteiger partial charge in [-0.1, -0.05) is 11.6 Å². The highest BCUT2D eigenvalue weighted by atomic mass is 35.5. The van der Waals surface area contributed by atoms with E-state index in [9.17, 15) is 13.2 Å². The quantitative estimate of drug-likeness (QED) is 0.563. The molecule has 0 aliphatic rings. The second-order valence-electron chi connectivity index (χ2n) is 6.49. The summed E-state index contributed by atoms with van der Waals surface area (Å²) in [5.74, 6) is 0.682. The minimum absolute atomic E-state index is 0.117. The van der Waals surface area contributed by atoms with Crippen molar-refractivity contribution in [1.82, 2.24) is 0 Å². The molecule has 0 radical (unpaired) electrons. The molecule has 1 amide bonds. The van der Waals surface area contributed by atoms with Crippen LogP contribution in [0.25, 0.3) is 0 Å². The number of carbonyl (C=O) groups is 1. The largest absolute Gasteiger partial charge is 0.497 e. The molecule has 31 heavy (non-hydrogen) atoms. The fraction of sp³-hybridized carbons (Fsp3) is 0.136. The number of anilines is 2. The van der Waals surface area contributed by atoms with Gasteiger partial charge in [0.05, 0.1) is 30.5 Å². The van der Waals surface area contributed by atoms with E-state index in [1.165, 1.54) is 45.5 Å². The van der Waals surface area contributed by atoms with Gasteiger partial charge in [-0.15, -0.1) is 0 Å². The van der Waals surface area contributed by atoms with Gasteiger partial charge in [0, 0.05) is 23.7 Å². The molecule has 3 aromatic rings. The Balaban J connectivity index is 1.80. The summed E-state index contributed by atoms with van der Waals surface area (Å²) in [4.78, 5) is 12.8. The van der Waals surface area contributed by atoms with Crippen LogP contribution in [0.5, 0.6) is 11.5 Å². The molecule has 0 fully saturated rings. The summed E-state index contributed by atoms with van der Waals surface area (Å²) in [6, 6.07) is 17.2. The fourth-order valence-corrected chi connectivity index (χ4v) is 4.15. The Morgan fingerprint density at radius 2 is 1.58 bits per heavy atom. The Morgan fingerprint density at radius 1 is 0.935 bits per heavy atom. The van der Waals surface area contributed by atoms with Crippen molar-refractivity contribution in [3.63, 3.8) is 0 Å². The molecular formula is C22H21ClN2O5S. The van der Waals surface area contributed by atoms with Gasteiger partial charge in [-0.2, -0.15) is 0 Å². The number of hydrogen-bond donors (Lipinski definition) is 1. The van der Waals surface area contributed by atoms with E-state index in [0.717, 1.165) is 4.31 Å². The molecule has 0 unspecified atom stereocenters. The second kappa shape index (κ2) is 9.28. The minimum Gasteiger partial charge on any atom is -0.497 e. The number of nitrogens with one attached hydrogen (secondary N) is 1. The number of amides is 1. The van der Waals surface area contributed by atoms with Crippen LogP contribution in [0.1, 0.15) is 10.4 Å². The summed E-state index contributed by atoms with van der Waals surface area (Å²) in [6.45, 7) is 0. The average Bonchev–Trinajstić information content (AvgIpc) is 2.78. The molecule has 0 heterocycles. The van der Waals surface area contributed by atoms with Gasteiger partial charge in [-0.05, 0) is 60.7 Å². The molecule has 9 heteroatoms. The number of nitrogens with zero attached hydrogens (tertiary/aromatic N) is 1. The van der Waals surface area contributed by atoms with E-state index in [2.05, 4.69) is 5.32 Å². The zero-order valence-electron chi connectivity index (χ0n) is 17.1. The first kappa shape index (κ1) is 22.5. The normalized spacial score (nSPS) is 11.0. The molecule has 0 saturated heterocycles. The predicted octanol–water partition coefficient (Wildman–Crippen LogP) is 4.43. The van der Waals surface area contributed by atoms with Crippen molar-refractivity contribution in [3.05, 3.63) is 77.3 Å². The number of ether oxygens (including phenoxy) is 2. The van der Waals surface area contributed by atoms with Gasteiger partial charge in [0.1, 0.15) is 11.5 Å². The average molecular weight is 461 g/mol. The van der Waals surface area contributed by atoms with E-state index < -0.39 is 10.0 Å². The molecule has 162 valence electrons. The molecule has 3 aromatic carbocycles. The highest BCUT2D eigenvalue weighted by molar-refractivity contribution is 7.92. The molecular weight excluding hydrogens is 440 g/mol. The van der Waals surface area contributed by atoms with E-state index in [0.29, 0.717) is 33.5 Å². The molecule has 0 atom stereocenters. The third-order valence-electron chi connectivity index (χ3n) is 4.62. The Labute approximate surface area is 186 Å². The number of sulfonamides is 1. The summed E-state index contributed by atoms with van der Waals surface area (Å²) in [5, 5.41) is 3.22. The molecule has 0 saturated carbocycles. The van der Waals surface area contributed by atoms with Crippen LogP contribution in [0.2, 0.25) is 5.02 Å². The van der Waals surface area contributed by atoms with Crippen molar-refractivity contribution in [2.45, 2.75) is 4.90 Å². The number of hydrogen-bond acceptors (Lipinski definition) is 5. The van der Waals surface area contributed by atoms with Crippen molar-refractivity contribution in [2.75, 3.05) is 30.9 Å². The molecule has 7 nitrogen and oxygen atoms in total. The highest BCUT2D eigenvalue weighted by Gasteiger charge is 2.21. The number of benzene rings is 3. The van der Waals surface area contributed by atoms with Gasteiger partial charge in [0.25, 0.3) is 15.9 Å². The lowest BCUT2D eigenvalue weighted by Crippen LogP contribution is -2.26. The minimum atomic E-state index is -3.76. The maximum atomic E-state index is 12.8. The van der Waals surface area contributed by atoms with E-state index in [1.54, 1.807) is 42.5 Å². The molecule has 0 bridgehead atoms. The van der Waals surface area contributed by atoms with Crippen LogP contribution in [0, 0.1) is 0 Å². The van der Waals surface area contributed by atoms with Crippen molar-refractivity contribution in [3.8, 4) is 11.5 Å². The Morgan fingerprint density at radius 3 is 2.16 bits per heavy atom. The molecule has 0 aromatic heterocycles. The van der Waals surface area contributed by atoms with Crippen LogP contribution in [0.3, 0.4) is 0 Å². The van der Waals surface area contributed by atoms with E-state index >= 15 is 0 Å². The van der Waals surface area contributed by atoms with Crippen molar-refractivity contribution >= 4 is 38.9 Å². The zero-order chi connectivity index (χ0) is 22.6. The fourth-order valence-electron chi connectivity index (χ4n) is 2.83. The number of methoxy groups -OCH3 is 2. The maximum absolute atomic E-state index is 12.8. The number of rotatable bonds is 7. The Hall–Kier alpha value is -3.23. The van der Waals surface area contributed by atoms with Crippen LogP contribution >= 0.6 is 11.6 Å². The van der Waals surface area contributed by atoms with E-state index in [1.807, 2.05) is 0 Å². The van der Waals surface area contributed by atoms with E-state index in [4.69, 9.17) is 21.1 Å². The van der Waals surface area contributed by atoms with Gasteiger partial charge < -0.3 is 14.8 Å². The predicted molar refractivity (Wildman–Crippen MR) is 121 cm³/mol.